The van der Waals surface area contributed by atoms with Crippen LogP contribution in [0.25, 0.3) is 22.6 Å². The van der Waals surface area contributed by atoms with Gasteiger partial charge in [0.15, 0.2) is 11.5 Å². The summed E-state index contributed by atoms with van der Waals surface area (Å²) in [7, 11) is 0. The molecule has 1 N–H and O–H groups in total. The molecular weight excluding hydrogens is 566 g/mol. The minimum absolute atomic E-state index is 0.174. The number of pyridine rings is 1. The van der Waals surface area contributed by atoms with Gasteiger partial charge in [0.05, 0.1) is 18.5 Å². The number of rotatable bonds is 8. The number of anilines is 1. The summed E-state index contributed by atoms with van der Waals surface area (Å²) >= 11 is 2.08. The van der Waals surface area contributed by atoms with Crippen molar-refractivity contribution in [2.24, 2.45) is 0 Å². The lowest BCUT2D eigenvalue weighted by Gasteiger charge is -2.12. The zero-order valence-corrected chi connectivity index (χ0v) is 21.2. The molecule has 0 saturated heterocycles. The normalized spacial score (nSPS) is 11.0. The number of aromatic nitrogens is 5. The maximum Gasteiger partial charge on any atom is 0.315 e. The summed E-state index contributed by atoms with van der Waals surface area (Å²) in [6.07, 6.45) is 1.78. The zero-order valence-electron chi connectivity index (χ0n) is 19.1. The van der Waals surface area contributed by atoms with Gasteiger partial charge in [0.2, 0.25) is 5.91 Å². The molecule has 0 aliphatic carbocycles. The fourth-order valence-corrected chi connectivity index (χ4v) is 4.44. The highest BCUT2D eigenvalue weighted by atomic mass is 127. The van der Waals surface area contributed by atoms with Crippen LogP contribution in [0.4, 0.5) is 10.2 Å². The van der Waals surface area contributed by atoms with Crippen molar-refractivity contribution >= 4 is 51.3 Å². The average molecular weight is 588 g/mol. The third-order valence-corrected chi connectivity index (χ3v) is 6.07. The second kappa shape index (κ2) is 10.8. The topological polar surface area (TPSA) is 112 Å². The Balaban J connectivity index is 1.75. The summed E-state index contributed by atoms with van der Waals surface area (Å²) in [4.78, 5) is 37.8. The molecule has 0 saturated carbocycles. The molecule has 0 unspecified atom stereocenters. The molecular formula is C24H22FIN6O3. The summed E-state index contributed by atoms with van der Waals surface area (Å²) in [6.45, 7) is 3.96. The zero-order chi connectivity index (χ0) is 24.9. The Hall–Kier alpha value is -3.48. The van der Waals surface area contributed by atoms with Crippen molar-refractivity contribution in [2.45, 2.75) is 33.2 Å². The highest BCUT2D eigenvalue weighted by Crippen LogP contribution is 2.29. The Morgan fingerprint density at radius 1 is 1.14 bits per heavy atom. The molecule has 0 radical (unpaired) electrons. The van der Waals surface area contributed by atoms with Gasteiger partial charge in [-0.15, -0.1) is 0 Å². The van der Waals surface area contributed by atoms with E-state index < -0.39 is 18.3 Å². The van der Waals surface area contributed by atoms with E-state index in [1.807, 2.05) is 13.0 Å². The molecule has 1 amide bonds. The van der Waals surface area contributed by atoms with E-state index in [0.717, 1.165) is 5.56 Å². The SMILES string of the molecule is CCOC(=O)CC(=O)Nc1nc(-c2nn(Cc3ccccc3F)c3ncccc23)nc(I)c1CC. The molecule has 0 bridgehead atoms. The van der Waals surface area contributed by atoms with E-state index >= 15 is 0 Å². The van der Waals surface area contributed by atoms with Crippen LogP contribution >= 0.6 is 22.6 Å². The van der Waals surface area contributed by atoms with E-state index in [1.54, 1.807) is 42.1 Å². The minimum Gasteiger partial charge on any atom is -0.466 e. The minimum atomic E-state index is -0.615. The average Bonchev–Trinajstić information content (AvgIpc) is 3.19. The first kappa shape index (κ1) is 24.6. The summed E-state index contributed by atoms with van der Waals surface area (Å²) in [5.74, 6) is -0.898. The first-order chi connectivity index (χ1) is 16.9. The van der Waals surface area contributed by atoms with Crippen LogP contribution in [-0.2, 0) is 27.3 Å². The number of carbonyl (C=O) groups excluding carboxylic acids is 2. The molecule has 0 atom stereocenters. The number of nitrogens with one attached hydrogen (secondary N) is 1. The first-order valence-corrected chi connectivity index (χ1v) is 12.1. The van der Waals surface area contributed by atoms with Gasteiger partial charge in [0.25, 0.3) is 0 Å². The Morgan fingerprint density at radius 3 is 2.69 bits per heavy atom. The van der Waals surface area contributed by atoms with E-state index in [4.69, 9.17) is 4.74 Å². The lowest BCUT2D eigenvalue weighted by atomic mass is 10.2. The van der Waals surface area contributed by atoms with Gasteiger partial charge >= 0.3 is 5.97 Å². The van der Waals surface area contributed by atoms with Crippen LogP contribution in [0, 0.1) is 9.52 Å². The number of ether oxygens (including phenoxy) is 1. The molecule has 35 heavy (non-hydrogen) atoms. The number of fused-ring (bicyclic) bond motifs is 1. The van der Waals surface area contributed by atoms with Crippen molar-refractivity contribution in [2.75, 3.05) is 11.9 Å². The van der Waals surface area contributed by atoms with Crippen LogP contribution in [0.1, 0.15) is 31.4 Å². The van der Waals surface area contributed by atoms with Gasteiger partial charge in [-0.2, -0.15) is 5.10 Å². The van der Waals surface area contributed by atoms with Gasteiger partial charge in [-0.05, 0) is 54.1 Å². The van der Waals surface area contributed by atoms with Gasteiger partial charge in [0, 0.05) is 17.3 Å². The highest BCUT2D eigenvalue weighted by Gasteiger charge is 2.21. The van der Waals surface area contributed by atoms with Crippen molar-refractivity contribution in [3.63, 3.8) is 0 Å². The molecule has 11 heteroatoms. The van der Waals surface area contributed by atoms with Crippen molar-refractivity contribution in [1.29, 1.82) is 0 Å². The van der Waals surface area contributed by atoms with Crippen LogP contribution in [0.5, 0.6) is 0 Å². The second-order valence-corrected chi connectivity index (χ2v) is 8.54. The quantitative estimate of drug-likeness (QED) is 0.143. The molecule has 9 nitrogen and oxygen atoms in total. The van der Waals surface area contributed by atoms with Crippen molar-refractivity contribution in [3.8, 4) is 11.5 Å². The third-order valence-electron chi connectivity index (χ3n) is 5.17. The maximum atomic E-state index is 14.3. The number of amides is 1. The molecule has 4 aromatic rings. The van der Waals surface area contributed by atoms with Crippen molar-refractivity contribution in [3.05, 3.63) is 63.2 Å². The van der Waals surface area contributed by atoms with Crippen LogP contribution in [0.2, 0.25) is 0 Å². The second-order valence-electron chi connectivity index (χ2n) is 7.52. The molecule has 4 rings (SSSR count). The fraction of sp³-hybridized carbons (Fsp3) is 0.250. The summed E-state index contributed by atoms with van der Waals surface area (Å²) in [5.41, 5.74) is 2.21. The van der Waals surface area contributed by atoms with Gasteiger partial charge < -0.3 is 10.1 Å². The molecule has 3 heterocycles. The van der Waals surface area contributed by atoms with E-state index in [1.165, 1.54) is 6.07 Å². The predicted octanol–water partition coefficient (Wildman–Crippen LogP) is 4.13. The van der Waals surface area contributed by atoms with E-state index in [9.17, 15) is 14.0 Å². The molecule has 1 aromatic carbocycles. The molecule has 0 aliphatic rings. The lowest BCUT2D eigenvalue weighted by molar-refractivity contribution is -0.145. The number of hydrogen-bond acceptors (Lipinski definition) is 7. The standard InChI is InChI=1S/C24H22FIN6O3/c1-3-15-21(26)29-23(30-22(15)28-18(33)12-19(34)35-4-2)20-16-9-7-11-27-24(16)32(31-20)13-14-8-5-6-10-17(14)25/h5-11H,3-4,12-13H2,1-2H3,(H,28,29,30,33). The number of esters is 1. The molecule has 0 spiro atoms. The van der Waals surface area contributed by atoms with Gasteiger partial charge in [-0.25, -0.2) is 24.0 Å². The van der Waals surface area contributed by atoms with E-state index in [0.29, 0.717) is 38.2 Å². The van der Waals surface area contributed by atoms with Crippen molar-refractivity contribution in [1.82, 2.24) is 24.7 Å². The van der Waals surface area contributed by atoms with E-state index in [2.05, 4.69) is 48.0 Å². The molecule has 0 aliphatic heterocycles. The third kappa shape index (κ3) is 5.45. The Morgan fingerprint density at radius 2 is 1.94 bits per heavy atom. The highest BCUT2D eigenvalue weighted by molar-refractivity contribution is 14.1. The smallest absolute Gasteiger partial charge is 0.315 e. The first-order valence-electron chi connectivity index (χ1n) is 11.0. The van der Waals surface area contributed by atoms with Crippen LogP contribution in [-0.4, -0.2) is 43.2 Å². The fourth-order valence-electron chi connectivity index (χ4n) is 3.57. The molecule has 3 aromatic heterocycles. The van der Waals surface area contributed by atoms with Gasteiger partial charge in [0.1, 0.15) is 27.5 Å². The predicted molar refractivity (Wildman–Crippen MR) is 136 cm³/mol. The number of halogens is 2. The van der Waals surface area contributed by atoms with Crippen LogP contribution in [0.15, 0.2) is 42.6 Å². The Labute approximate surface area is 214 Å². The van der Waals surface area contributed by atoms with Gasteiger partial charge in [-0.3, -0.25) is 9.59 Å². The monoisotopic (exact) mass is 588 g/mol. The molecule has 0 fully saturated rings. The lowest BCUT2D eigenvalue weighted by Crippen LogP contribution is -2.20. The Kier molecular flexibility index (Phi) is 7.63. The molecule has 180 valence electrons. The van der Waals surface area contributed by atoms with Crippen molar-refractivity contribution < 1.29 is 18.7 Å². The summed E-state index contributed by atoms with van der Waals surface area (Å²) in [5, 5.41) is 8.05. The summed E-state index contributed by atoms with van der Waals surface area (Å²) in [6, 6.07) is 10.1. The number of carbonyl (C=O) groups is 2. The maximum absolute atomic E-state index is 14.3. The number of nitrogens with zero attached hydrogens (tertiary/aromatic N) is 5. The van der Waals surface area contributed by atoms with Crippen LogP contribution in [0.3, 0.4) is 0 Å². The van der Waals surface area contributed by atoms with E-state index in [-0.39, 0.29) is 24.8 Å². The summed E-state index contributed by atoms with van der Waals surface area (Å²) < 4.78 is 21.4. The Bertz CT molecular complexity index is 1410. The number of hydrogen-bond donors (Lipinski definition) is 1. The number of benzene rings is 1. The van der Waals surface area contributed by atoms with Gasteiger partial charge in [-0.1, -0.05) is 25.1 Å². The largest absolute Gasteiger partial charge is 0.466 e. The van der Waals surface area contributed by atoms with Crippen LogP contribution < -0.4 is 5.32 Å².